The maximum Gasteiger partial charge on any atom is 0.346 e. The average molecular weight is 1010 g/mol. The summed E-state index contributed by atoms with van der Waals surface area (Å²) in [4.78, 5) is 76.9. The number of aromatic nitrogens is 10. The van der Waals surface area contributed by atoms with Crippen LogP contribution in [0, 0.1) is 0 Å². The molecule has 0 saturated carbocycles. The monoisotopic (exact) mass is 1000 g/mol. The van der Waals surface area contributed by atoms with Crippen molar-refractivity contribution >= 4 is 58.6 Å². The molecule has 74 heavy (non-hydrogen) atoms. The Morgan fingerprint density at radius 2 is 0.986 bits per heavy atom. The predicted octanol–water partition coefficient (Wildman–Crippen LogP) is 4.85. The van der Waals surface area contributed by atoms with Crippen LogP contribution >= 0.6 is 0 Å². The molecule has 6 aromatic rings. The summed E-state index contributed by atoms with van der Waals surface area (Å²) in [6.07, 6.45) is 11.7. The number of urea groups is 2. The third kappa shape index (κ3) is 9.99. The molecule has 6 atom stereocenters. The van der Waals surface area contributed by atoms with Crippen LogP contribution in [-0.2, 0) is 18.9 Å². The largest absolute Gasteiger partial charge is 0.377 e. The number of carbonyl (C=O) groups is 2. The molecular weight excluding hydrogens is 949 g/mol. The molecule has 0 spiro atoms. The molecule has 6 fully saturated rings. The van der Waals surface area contributed by atoms with E-state index in [9.17, 15) is 9.59 Å². The van der Waals surface area contributed by atoms with E-state index in [4.69, 9.17) is 48.9 Å². The first-order valence-electron chi connectivity index (χ1n) is 25.2. The number of hydrogen-bond donors (Lipinski definition) is 2. The zero-order chi connectivity index (χ0) is 50.1. The molecule has 12 rings (SSSR count). The van der Waals surface area contributed by atoms with Crippen LogP contribution in [0.2, 0.25) is 0 Å². The van der Waals surface area contributed by atoms with Gasteiger partial charge in [-0.15, -0.1) is 0 Å². The fourth-order valence-corrected chi connectivity index (χ4v) is 10.3. The molecule has 6 unspecified atom stereocenters. The molecule has 0 aliphatic carbocycles. The lowest BCUT2D eigenvalue weighted by Crippen LogP contribution is -2.54. The van der Waals surface area contributed by atoms with Crippen molar-refractivity contribution in [1.82, 2.24) is 50.1 Å². The van der Waals surface area contributed by atoms with Crippen molar-refractivity contribution in [2.24, 2.45) is 0 Å². The van der Waals surface area contributed by atoms with Crippen molar-refractivity contribution in [3.8, 4) is 22.8 Å². The maximum absolute atomic E-state index is 14.9. The van der Waals surface area contributed by atoms with E-state index in [1.807, 2.05) is 24.3 Å². The highest BCUT2D eigenvalue weighted by atomic mass is 16.5. The first kappa shape index (κ1) is 47.2. The molecule has 2 N–H and O–H groups in total. The molecule has 382 valence electrons. The van der Waals surface area contributed by atoms with Gasteiger partial charge in [0, 0.05) is 50.4 Å². The van der Waals surface area contributed by atoms with Crippen molar-refractivity contribution in [2.45, 2.75) is 76.0 Å². The zero-order valence-electron chi connectivity index (χ0n) is 41.1. The van der Waals surface area contributed by atoms with E-state index in [1.165, 1.54) is 41.1 Å². The number of fused-ring (bicyclic) bond motifs is 4. The van der Waals surface area contributed by atoms with Gasteiger partial charge in [-0.2, -0.15) is 50.1 Å². The first-order chi connectivity index (χ1) is 36.2. The van der Waals surface area contributed by atoms with Gasteiger partial charge in [-0.1, -0.05) is 0 Å². The second kappa shape index (κ2) is 20.6. The Morgan fingerprint density at radius 1 is 0.541 bits per heavy atom. The first-order valence-corrected chi connectivity index (χ1v) is 25.2. The number of amides is 4. The molecular formula is C50H56N18O6. The minimum absolute atomic E-state index is 0.0440. The van der Waals surface area contributed by atoms with Crippen LogP contribution in [0.1, 0.15) is 39.5 Å². The smallest absolute Gasteiger partial charge is 0.346 e. The zero-order valence-corrected chi connectivity index (χ0v) is 41.1. The summed E-state index contributed by atoms with van der Waals surface area (Å²) in [5.74, 6) is 3.17. The van der Waals surface area contributed by atoms with Crippen LogP contribution in [0.3, 0.4) is 0 Å². The number of carbonyl (C=O) groups excluding carboxylic acids is 2. The van der Waals surface area contributed by atoms with E-state index in [1.54, 1.807) is 30.3 Å². The number of morpholine rings is 4. The van der Waals surface area contributed by atoms with Crippen molar-refractivity contribution in [3.05, 3.63) is 85.7 Å². The Labute approximate surface area is 426 Å². The number of hydrazine groups is 1. The predicted molar refractivity (Wildman–Crippen MR) is 273 cm³/mol. The summed E-state index contributed by atoms with van der Waals surface area (Å²) in [5.41, 5.74) is 2.64. The minimum atomic E-state index is -0.696. The molecule has 4 aromatic heterocycles. The molecule has 6 aliphatic rings. The fraction of sp³-hybridized carbons (Fsp3) is 0.440. The summed E-state index contributed by atoms with van der Waals surface area (Å²) < 4.78 is 23.9. The van der Waals surface area contributed by atoms with Gasteiger partial charge < -0.3 is 49.2 Å². The lowest BCUT2D eigenvalue weighted by Gasteiger charge is -2.35. The topological polar surface area (TPSA) is 243 Å². The number of nitrogens with zero attached hydrogens (tertiary/aromatic N) is 16. The summed E-state index contributed by atoms with van der Waals surface area (Å²) in [7, 11) is 0. The average Bonchev–Trinajstić information content (AvgIpc) is 3.96. The van der Waals surface area contributed by atoms with Gasteiger partial charge in [-0.25, -0.2) is 19.6 Å². The van der Waals surface area contributed by atoms with Gasteiger partial charge in [0.15, 0.2) is 11.6 Å². The standard InChI is InChI=1S/C50H56N18O6/c1-31-28-71-19-17-65(31)47-59-43(57-45(61-47)63-24-39-11-12-40(25-63)73-39)33-3-7-37(8-4-33)67(49(69)55-35-15-16-53-54-23-35)68(50(70)56-36-21-51-30-52-22-36)38-9-5-34(6-10-38)44-58-46(64-26-41-13-14-42(27-64)74-41)62-48(60-44)66-18-20-72-29-32(66)2/h3-10,15-16,21-23,30-32,39-42H,11-14,17-20,24-29H2,1-2H3,(H,56,70)(H,53,55,69). The maximum atomic E-state index is 14.9. The highest BCUT2D eigenvalue weighted by Crippen LogP contribution is 2.35. The second-order valence-corrected chi connectivity index (χ2v) is 19.3. The number of rotatable bonds is 10. The van der Waals surface area contributed by atoms with Crippen molar-refractivity contribution in [1.29, 1.82) is 0 Å². The molecule has 4 bridgehead atoms. The summed E-state index contributed by atoms with van der Waals surface area (Å²) in [6, 6.07) is 14.6. The quantitative estimate of drug-likeness (QED) is 0.174. The Balaban J connectivity index is 0.922. The third-order valence-corrected chi connectivity index (χ3v) is 14.1. The van der Waals surface area contributed by atoms with Crippen LogP contribution in [0.5, 0.6) is 0 Å². The Bertz CT molecular complexity index is 2730. The minimum Gasteiger partial charge on any atom is -0.377 e. The number of benzene rings is 2. The summed E-state index contributed by atoms with van der Waals surface area (Å²) in [5, 5.41) is 16.1. The molecule has 10 heterocycles. The van der Waals surface area contributed by atoms with Gasteiger partial charge in [0.25, 0.3) is 0 Å². The van der Waals surface area contributed by atoms with Crippen LogP contribution in [0.25, 0.3) is 22.8 Å². The van der Waals surface area contributed by atoms with Crippen molar-refractivity contribution < 1.29 is 28.5 Å². The van der Waals surface area contributed by atoms with Crippen LogP contribution < -0.4 is 40.3 Å². The lowest BCUT2D eigenvalue weighted by atomic mass is 10.1. The SMILES string of the molecule is CC1COCCN1c1nc(-c2ccc(N(C(=O)Nc3cncnc3)N(C(=O)Nc3ccnnc3)c3ccc(-c4nc(N5CC6CCC(C5)O6)nc(N5CCOCC5C)n4)cc3)cc2)nc(N2CC3CCC(C2)O3)n1. The molecule has 2 aromatic carbocycles. The molecule has 24 nitrogen and oxygen atoms in total. The van der Waals surface area contributed by atoms with Crippen molar-refractivity contribution in [3.63, 3.8) is 0 Å². The molecule has 6 saturated heterocycles. The van der Waals surface area contributed by atoms with Crippen LogP contribution in [0.15, 0.2) is 85.7 Å². The number of nitrogens with one attached hydrogen (secondary N) is 2. The van der Waals surface area contributed by atoms with E-state index >= 15 is 0 Å². The molecule has 24 heteroatoms. The lowest BCUT2D eigenvalue weighted by molar-refractivity contribution is 0.0297. The highest BCUT2D eigenvalue weighted by Gasteiger charge is 2.38. The van der Waals surface area contributed by atoms with Gasteiger partial charge in [0.2, 0.25) is 23.8 Å². The fourth-order valence-electron chi connectivity index (χ4n) is 10.3. The van der Waals surface area contributed by atoms with Crippen LogP contribution in [-0.4, -0.2) is 164 Å². The second-order valence-electron chi connectivity index (χ2n) is 19.3. The van der Waals surface area contributed by atoms with E-state index in [0.29, 0.717) is 135 Å². The van der Waals surface area contributed by atoms with Crippen molar-refractivity contribution in [2.75, 3.05) is 106 Å². The highest BCUT2D eigenvalue weighted by molar-refractivity contribution is 6.13. The van der Waals surface area contributed by atoms with E-state index in [0.717, 1.165) is 25.7 Å². The number of anilines is 8. The van der Waals surface area contributed by atoms with Gasteiger partial charge in [-0.05, 0) is 94.1 Å². The molecule has 4 amide bonds. The van der Waals surface area contributed by atoms with Gasteiger partial charge >= 0.3 is 12.1 Å². The van der Waals surface area contributed by atoms with Gasteiger partial charge in [0.1, 0.15) is 6.33 Å². The number of ether oxygens (including phenoxy) is 4. The van der Waals surface area contributed by atoms with E-state index in [2.05, 4.69) is 64.2 Å². The number of hydrogen-bond acceptors (Lipinski definition) is 20. The summed E-state index contributed by atoms with van der Waals surface area (Å²) in [6.45, 7) is 10.4. The van der Waals surface area contributed by atoms with E-state index in [-0.39, 0.29) is 36.5 Å². The van der Waals surface area contributed by atoms with Gasteiger partial charge in [-0.3, -0.25) is 0 Å². The van der Waals surface area contributed by atoms with E-state index < -0.39 is 12.1 Å². The Morgan fingerprint density at radius 3 is 1.42 bits per heavy atom. The molecule has 0 radical (unpaired) electrons. The molecule has 6 aliphatic heterocycles. The Hall–Kier alpha value is -7.80. The third-order valence-electron chi connectivity index (χ3n) is 14.1. The van der Waals surface area contributed by atoms with Crippen LogP contribution in [0.4, 0.5) is 56.1 Å². The van der Waals surface area contributed by atoms with Gasteiger partial charge in [0.05, 0.1) is 110 Å². The Kier molecular flexibility index (Phi) is 13.1. The summed E-state index contributed by atoms with van der Waals surface area (Å²) >= 11 is 0. The normalized spacial score (nSPS) is 23.4.